The second-order valence-corrected chi connectivity index (χ2v) is 4.99. The molecule has 0 saturated heterocycles. The van der Waals surface area contributed by atoms with E-state index in [9.17, 15) is 10.1 Å². The van der Waals surface area contributed by atoms with Crippen molar-refractivity contribution in [3.63, 3.8) is 0 Å². The summed E-state index contributed by atoms with van der Waals surface area (Å²) in [4.78, 5) is 14.8. The van der Waals surface area contributed by atoms with E-state index in [0.717, 1.165) is 5.01 Å². The van der Waals surface area contributed by atoms with Gasteiger partial charge in [0.05, 0.1) is 16.9 Å². The first-order chi connectivity index (χ1) is 10.2. The molecule has 0 radical (unpaired) electrons. The topological polar surface area (TPSA) is 78.4 Å². The van der Waals surface area contributed by atoms with Gasteiger partial charge in [-0.05, 0) is 18.2 Å². The van der Waals surface area contributed by atoms with Crippen molar-refractivity contribution in [3.8, 4) is 16.5 Å². The van der Waals surface area contributed by atoms with E-state index in [0.29, 0.717) is 11.5 Å². The van der Waals surface area contributed by atoms with Crippen molar-refractivity contribution in [2.45, 2.75) is 6.61 Å². The second kappa shape index (κ2) is 5.76. The summed E-state index contributed by atoms with van der Waals surface area (Å²) in [5.74, 6) is 0.923. The summed E-state index contributed by atoms with van der Waals surface area (Å²) in [7, 11) is 0. The molecule has 0 amide bonds. The molecule has 0 aliphatic rings. The third kappa shape index (κ3) is 2.92. The van der Waals surface area contributed by atoms with E-state index in [1.807, 2.05) is 11.4 Å². The van der Waals surface area contributed by atoms with Crippen molar-refractivity contribution in [2.75, 3.05) is 0 Å². The average Bonchev–Trinajstić information content (AvgIpc) is 3.16. The largest absolute Gasteiger partial charge is 0.480 e. The molecule has 0 N–H and O–H groups in total. The lowest BCUT2D eigenvalue weighted by molar-refractivity contribution is -0.385. The molecular formula is C14H10N2O4S. The molecule has 2 aromatic heterocycles. The fraction of sp³-hybridized carbons (Fsp3) is 0.0714. The van der Waals surface area contributed by atoms with Crippen LogP contribution in [-0.2, 0) is 6.61 Å². The summed E-state index contributed by atoms with van der Waals surface area (Å²) in [5, 5.41) is 13.5. The van der Waals surface area contributed by atoms with Gasteiger partial charge in [0.25, 0.3) is 0 Å². The average molecular weight is 302 g/mol. The van der Waals surface area contributed by atoms with Crippen molar-refractivity contribution < 1.29 is 14.1 Å². The first-order valence-corrected chi connectivity index (χ1v) is 6.96. The zero-order valence-corrected chi connectivity index (χ0v) is 11.6. The fourth-order valence-electron chi connectivity index (χ4n) is 1.77. The molecule has 1 aromatic carbocycles. The van der Waals surface area contributed by atoms with Crippen molar-refractivity contribution >= 4 is 17.0 Å². The molecule has 0 unspecified atom stereocenters. The summed E-state index contributed by atoms with van der Waals surface area (Å²) in [6.45, 7) is 0.169. The molecule has 0 aliphatic carbocycles. The molecule has 0 bridgehead atoms. The van der Waals surface area contributed by atoms with E-state index in [1.54, 1.807) is 30.5 Å². The predicted octanol–water partition coefficient (Wildman–Crippen LogP) is 3.89. The molecular weight excluding hydrogens is 292 g/mol. The molecule has 7 heteroatoms. The molecule has 0 fully saturated rings. The van der Waals surface area contributed by atoms with Crippen LogP contribution in [0, 0.1) is 10.1 Å². The van der Waals surface area contributed by atoms with Crippen LogP contribution in [0.5, 0.6) is 5.75 Å². The smallest absolute Gasteiger partial charge is 0.310 e. The van der Waals surface area contributed by atoms with Crippen LogP contribution in [0.15, 0.2) is 52.5 Å². The van der Waals surface area contributed by atoms with Crippen molar-refractivity contribution in [2.24, 2.45) is 0 Å². The Morgan fingerprint density at radius 2 is 2.14 bits per heavy atom. The summed E-state index contributed by atoms with van der Waals surface area (Å²) < 4.78 is 10.8. The Bertz CT molecular complexity index is 752. The van der Waals surface area contributed by atoms with Crippen LogP contribution in [0.4, 0.5) is 5.69 Å². The monoisotopic (exact) mass is 302 g/mol. The molecule has 3 rings (SSSR count). The molecule has 106 valence electrons. The third-order valence-electron chi connectivity index (χ3n) is 2.72. The number of benzene rings is 1. The Kier molecular flexibility index (Phi) is 3.65. The Hall–Kier alpha value is -2.67. The van der Waals surface area contributed by atoms with Gasteiger partial charge < -0.3 is 9.15 Å². The van der Waals surface area contributed by atoms with Gasteiger partial charge >= 0.3 is 5.69 Å². The van der Waals surface area contributed by atoms with Crippen LogP contribution in [-0.4, -0.2) is 9.91 Å². The number of ether oxygens (including phenoxy) is 1. The Morgan fingerprint density at radius 3 is 2.90 bits per heavy atom. The number of nitrogens with zero attached hydrogens (tertiary/aromatic N) is 2. The van der Waals surface area contributed by atoms with Crippen LogP contribution >= 0.6 is 11.3 Å². The highest BCUT2D eigenvalue weighted by Gasteiger charge is 2.14. The first-order valence-electron chi connectivity index (χ1n) is 6.08. The van der Waals surface area contributed by atoms with Gasteiger partial charge in [-0.15, -0.1) is 11.3 Å². The minimum atomic E-state index is -0.468. The highest BCUT2D eigenvalue weighted by atomic mass is 32.1. The molecule has 6 nitrogen and oxygen atoms in total. The van der Waals surface area contributed by atoms with E-state index >= 15 is 0 Å². The lowest BCUT2D eigenvalue weighted by atomic mass is 10.3. The van der Waals surface area contributed by atoms with E-state index in [2.05, 4.69) is 4.98 Å². The Labute approximate surface area is 123 Å². The number of hydrogen-bond donors (Lipinski definition) is 0. The number of thiazole rings is 1. The summed E-state index contributed by atoms with van der Waals surface area (Å²) >= 11 is 1.43. The lowest BCUT2D eigenvalue weighted by Crippen LogP contribution is -1.99. The number of hydrogen-bond acceptors (Lipinski definition) is 6. The van der Waals surface area contributed by atoms with E-state index in [-0.39, 0.29) is 18.0 Å². The van der Waals surface area contributed by atoms with Gasteiger partial charge in [-0.1, -0.05) is 12.1 Å². The number of nitro benzene ring substituents is 1. The van der Waals surface area contributed by atoms with Gasteiger partial charge in [0.15, 0.2) is 16.5 Å². The SMILES string of the molecule is O=[N+]([O-])c1ccccc1OCc1csc(-c2ccco2)n1. The molecule has 0 atom stereocenters. The van der Waals surface area contributed by atoms with Crippen LogP contribution in [0.1, 0.15) is 5.69 Å². The first kappa shape index (κ1) is 13.3. The van der Waals surface area contributed by atoms with Crippen LogP contribution < -0.4 is 4.74 Å². The quantitative estimate of drug-likeness (QED) is 0.527. The van der Waals surface area contributed by atoms with Crippen molar-refractivity contribution in [3.05, 3.63) is 63.8 Å². The standard InChI is InChI=1S/C14H10N2O4S/c17-16(18)11-4-1-2-5-12(11)20-8-10-9-21-14(15-10)13-6-3-7-19-13/h1-7,9H,8H2. The fourth-order valence-corrected chi connectivity index (χ4v) is 2.54. The van der Waals surface area contributed by atoms with Gasteiger partial charge in [-0.3, -0.25) is 10.1 Å². The maximum atomic E-state index is 10.9. The molecule has 3 aromatic rings. The molecule has 2 heterocycles. The van der Waals surface area contributed by atoms with Crippen molar-refractivity contribution in [1.82, 2.24) is 4.98 Å². The van der Waals surface area contributed by atoms with E-state index in [1.165, 1.54) is 17.4 Å². The summed E-state index contributed by atoms with van der Waals surface area (Å²) in [5.41, 5.74) is 0.642. The number of para-hydroxylation sites is 2. The van der Waals surface area contributed by atoms with Gasteiger partial charge in [0.2, 0.25) is 0 Å². The minimum Gasteiger partial charge on any atom is -0.480 e. The molecule has 0 saturated carbocycles. The van der Waals surface area contributed by atoms with Crippen LogP contribution in [0.3, 0.4) is 0 Å². The van der Waals surface area contributed by atoms with E-state index in [4.69, 9.17) is 9.15 Å². The lowest BCUT2D eigenvalue weighted by Gasteiger charge is -2.04. The number of furan rings is 1. The zero-order chi connectivity index (χ0) is 14.7. The summed E-state index contributed by atoms with van der Waals surface area (Å²) in [6.07, 6.45) is 1.58. The van der Waals surface area contributed by atoms with Crippen molar-refractivity contribution in [1.29, 1.82) is 0 Å². The zero-order valence-electron chi connectivity index (χ0n) is 10.8. The highest BCUT2D eigenvalue weighted by molar-refractivity contribution is 7.13. The maximum absolute atomic E-state index is 10.9. The summed E-state index contributed by atoms with van der Waals surface area (Å²) in [6, 6.07) is 9.88. The Balaban J connectivity index is 1.73. The van der Waals surface area contributed by atoms with E-state index < -0.39 is 4.92 Å². The number of rotatable bonds is 5. The second-order valence-electron chi connectivity index (χ2n) is 4.13. The van der Waals surface area contributed by atoms with Gasteiger partial charge in [-0.2, -0.15) is 0 Å². The molecule has 0 aliphatic heterocycles. The predicted molar refractivity (Wildman–Crippen MR) is 77.2 cm³/mol. The maximum Gasteiger partial charge on any atom is 0.310 e. The van der Waals surface area contributed by atoms with Gasteiger partial charge in [-0.25, -0.2) is 4.98 Å². The van der Waals surface area contributed by atoms with Gasteiger partial charge in [0.1, 0.15) is 6.61 Å². The molecule has 21 heavy (non-hydrogen) atoms. The van der Waals surface area contributed by atoms with Gasteiger partial charge in [0, 0.05) is 11.4 Å². The third-order valence-corrected chi connectivity index (χ3v) is 3.63. The highest BCUT2D eigenvalue weighted by Crippen LogP contribution is 2.28. The number of nitro groups is 1. The van der Waals surface area contributed by atoms with Crippen LogP contribution in [0.25, 0.3) is 10.8 Å². The number of aromatic nitrogens is 1. The minimum absolute atomic E-state index is 0.0565. The Morgan fingerprint density at radius 1 is 1.29 bits per heavy atom. The normalized spacial score (nSPS) is 10.5. The molecule has 0 spiro atoms. The van der Waals surface area contributed by atoms with Crippen LogP contribution in [0.2, 0.25) is 0 Å².